The number of nitrogens with one attached hydrogen (secondary N) is 2. The van der Waals surface area contributed by atoms with E-state index in [0.717, 1.165) is 36.4 Å². The van der Waals surface area contributed by atoms with Gasteiger partial charge in [0.15, 0.2) is 0 Å². The Morgan fingerprint density at radius 3 is 2.53 bits per heavy atom. The fraction of sp³-hybridized carbons (Fsp3) is 0.111. The summed E-state index contributed by atoms with van der Waals surface area (Å²) in [6, 6.07) is 31.2. The second kappa shape index (κ2) is 8.44. The van der Waals surface area contributed by atoms with Gasteiger partial charge in [0, 0.05) is 29.0 Å². The molecule has 0 aliphatic heterocycles. The van der Waals surface area contributed by atoms with Gasteiger partial charge in [-0.25, -0.2) is 0 Å². The van der Waals surface area contributed by atoms with Gasteiger partial charge in [-0.1, -0.05) is 66.7 Å². The molecule has 5 rings (SSSR count). The molecule has 0 amide bonds. The minimum atomic E-state index is 0.815. The molecule has 148 valence electrons. The molecular formula is C27H24N2O. The van der Waals surface area contributed by atoms with Gasteiger partial charge in [-0.15, -0.1) is 0 Å². The molecule has 30 heavy (non-hydrogen) atoms. The minimum absolute atomic E-state index is 0.815. The number of H-pyrrole nitrogens is 1. The fourth-order valence-electron chi connectivity index (χ4n) is 3.92. The minimum Gasteiger partial charge on any atom is -0.457 e. The van der Waals surface area contributed by atoms with Crippen LogP contribution in [0.25, 0.3) is 21.7 Å². The summed E-state index contributed by atoms with van der Waals surface area (Å²) in [4.78, 5) is 3.35. The third kappa shape index (κ3) is 3.93. The smallest absolute Gasteiger partial charge is 0.135 e. The zero-order valence-electron chi connectivity index (χ0n) is 16.8. The maximum absolute atomic E-state index is 6.21. The third-order valence-corrected chi connectivity index (χ3v) is 5.45. The molecule has 1 heterocycles. The molecule has 0 unspecified atom stereocenters. The van der Waals surface area contributed by atoms with Crippen LogP contribution in [0.2, 0.25) is 0 Å². The van der Waals surface area contributed by atoms with Crippen LogP contribution >= 0.6 is 0 Å². The second-order valence-electron chi connectivity index (χ2n) is 7.51. The standard InChI is InChI=1S/C27H24N2O/c1-2-12-25-21(8-1)9-6-14-27(25)30-23-10-5-7-20(17-23)18-28-16-15-22-19-29-26-13-4-3-11-24(22)26/h1-14,17,19,28-29H,15-16,18H2. The highest BCUT2D eigenvalue weighted by Crippen LogP contribution is 2.30. The topological polar surface area (TPSA) is 37.0 Å². The molecule has 0 fully saturated rings. The predicted octanol–water partition coefficient (Wildman–Crippen LogP) is 6.45. The molecule has 1 aromatic heterocycles. The summed E-state index contributed by atoms with van der Waals surface area (Å²) in [5, 5.41) is 7.18. The third-order valence-electron chi connectivity index (χ3n) is 5.45. The van der Waals surface area contributed by atoms with E-state index in [2.05, 4.69) is 83.2 Å². The summed E-state index contributed by atoms with van der Waals surface area (Å²) in [5.74, 6) is 1.75. The number of rotatable bonds is 7. The average Bonchev–Trinajstić information content (AvgIpc) is 3.20. The molecule has 0 saturated heterocycles. The Labute approximate surface area is 176 Å². The van der Waals surface area contributed by atoms with Gasteiger partial charge < -0.3 is 15.0 Å². The van der Waals surface area contributed by atoms with E-state index in [1.54, 1.807) is 0 Å². The number of ether oxygens (including phenoxy) is 1. The van der Waals surface area contributed by atoms with Crippen LogP contribution in [0.15, 0.2) is 97.2 Å². The Morgan fingerprint density at radius 1 is 0.767 bits per heavy atom. The summed E-state index contributed by atoms with van der Waals surface area (Å²) in [6.45, 7) is 1.74. The predicted molar refractivity (Wildman–Crippen MR) is 124 cm³/mol. The first-order chi connectivity index (χ1) is 14.9. The normalized spacial score (nSPS) is 11.2. The van der Waals surface area contributed by atoms with Gasteiger partial charge in [-0.2, -0.15) is 0 Å². The SMILES string of the molecule is c1cc(CNCCc2c[nH]c3ccccc23)cc(Oc2cccc3ccccc23)c1. The highest BCUT2D eigenvalue weighted by Gasteiger charge is 2.05. The van der Waals surface area contributed by atoms with Gasteiger partial charge in [-0.3, -0.25) is 0 Å². The van der Waals surface area contributed by atoms with E-state index in [1.165, 1.54) is 27.4 Å². The van der Waals surface area contributed by atoms with Gasteiger partial charge in [0.1, 0.15) is 11.5 Å². The summed E-state index contributed by atoms with van der Waals surface area (Å²) in [6.07, 6.45) is 3.11. The fourth-order valence-corrected chi connectivity index (χ4v) is 3.92. The summed E-state index contributed by atoms with van der Waals surface area (Å²) in [7, 11) is 0. The molecule has 0 bridgehead atoms. The van der Waals surface area contributed by atoms with Crippen molar-refractivity contribution in [2.75, 3.05) is 6.54 Å². The summed E-state index contributed by atoms with van der Waals surface area (Å²) < 4.78 is 6.21. The van der Waals surface area contributed by atoms with Crippen LogP contribution in [-0.2, 0) is 13.0 Å². The summed E-state index contributed by atoms with van der Waals surface area (Å²) >= 11 is 0. The van der Waals surface area contributed by atoms with Crippen molar-refractivity contribution in [2.45, 2.75) is 13.0 Å². The highest BCUT2D eigenvalue weighted by molar-refractivity contribution is 5.88. The number of para-hydroxylation sites is 1. The Hall–Kier alpha value is -3.56. The zero-order chi connectivity index (χ0) is 20.2. The van der Waals surface area contributed by atoms with Gasteiger partial charge >= 0.3 is 0 Å². The van der Waals surface area contributed by atoms with Crippen molar-refractivity contribution in [1.82, 2.24) is 10.3 Å². The second-order valence-corrected chi connectivity index (χ2v) is 7.51. The van der Waals surface area contributed by atoms with E-state index in [1.807, 2.05) is 24.3 Å². The van der Waals surface area contributed by atoms with E-state index in [9.17, 15) is 0 Å². The van der Waals surface area contributed by atoms with Gasteiger partial charge in [0.2, 0.25) is 0 Å². The molecule has 0 aliphatic rings. The van der Waals surface area contributed by atoms with Crippen LogP contribution in [0.3, 0.4) is 0 Å². The molecule has 4 aromatic carbocycles. The van der Waals surface area contributed by atoms with Crippen LogP contribution < -0.4 is 10.1 Å². The lowest BCUT2D eigenvalue weighted by atomic mass is 10.1. The number of aromatic nitrogens is 1. The molecule has 3 nitrogen and oxygen atoms in total. The van der Waals surface area contributed by atoms with Crippen LogP contribution in [0, 0.1) is 0 Å². The molecule has 0 aliphatic carbocycles. The number of hydrogen-bond donors (Lipinski definition) is 2. The molecule has 3 heteroatoms. The number of fused-ring (bicyclic) bond motifs is 2. The maximum atomic E-state index is 6.21. The van der Waals surface area contributed by atoms with Crippen LogP contribution in [0.4, 0.5) is 0 Å². The first-order valence-corrected chi connectivity index (χ1v) is 10.4. The van der Waals surface area contributed by atoms with Crippen LogP contribution in [0.5, 0.6) is 11.5 Å². The van der Waals surface area contributed by atoms with Crippen LogP contribution in [-0.4, -0.2) is 11.5 Å². The van der Waals surface area contributed by atoms with Gasteiger partial charge in [-0.05, 0) is 53.7 Å². The number of benzene rings is 4. The lowest BCUT2D eigenvalue weighted by molar-refractivity contribution is 0.487. The van der Waals surface area contributed by atoms with Crippen molar-refractivity contribution in [3.05, 3.63) is 108 Å². The Morgan fingerprint density at radius 2 is 1.57 bits per heavy atom. The molecular weight excluding hydrogens is 368 g/mol. The van der Waals surface area contributed by atoms with E-state index < -0.39 is 0 Å². The van der Waals surface area contributed by atoms with Gasteiger partial charge in [0.05, 0.1) is 0 Å². The van der Waals surface area contributed by atoms with Crippen molar-refractivity contribution >= 4 is 21.7 Å². The van der Waals surface area contributed by atoms with Crippen molar-refractivity contribution in [1.29, 1.82) is 0 Å². The number of aromatic amines is 1. The number of hydrogen-bond acceptors (Lipinski definition) is 2. The van der Waals surface area contributed by atoms with Crippen molar-refractivity contribution in [2.24, 2.45) is 0 Å². The Balaban J connectivity index is 1.22. The molecule has 0 radical (unpaired) electrons. The Kier molecular flexibility index (Phi) is 5.19. The van der Waals surface area contributed by atoms with E-state index in [4.69, 9.17) is 4.74 Å². The van der Waals surface area contributed by atoms with E-state index in [-0.39, 0.29) is 0 Å². The monoisotopic (exact) mass is 392 g/mol. The molecule has 0 atom stereocenters. The first kappa shape index (κ1) is 18.5. The molecule has 2 N–H and O–H groups in total. The first-order valence-electron chi connectivity index (χ1n) is 10.4. The zero-order valence-corrected chi connectivity index (χ0v) is 16.8. The Bertz CT molecular complexity index is 1280. The molecule has 5 aromatic rings. The van der Waals surface area contributed by atoms with Crippen molar-refractivity contribution in [3.8, 4) is 11.5 Å². The van der Waals surface area contributed by atoms with Crippen molar-refractivity contribution < 1.29 is 4.74 Å². The maximum Gasteiger partial charge on any atom is 0.135 e. The van der Waals surface area contributed by atoms with E-state index >= 15 is 0 Å². The highest BCUT2D eigenvalue weighted by atomic mass is 16.5. The molecule has 0 spiro atoms. The summed E-state index contributed by atoms with van der Waals surface area (Å²) in [5.41, 5.74) is 3.77. The van der Waals surface area contributed by atoms with Crippen LogP contribution in [0.1, 0.15) is 11.1 Å². The van der Waals surface area contributed by atoms with E-state index in [0.29, 0.717) is 0 Å². The largest absolute Gasteiger partial charge is 0.457 e. The van der Waals surface area contributed by atoms with Gasteiger partial charge in [0.25, 0.3) is 0 Å². The van der Waals surface area contributed by atoms with Crippen molar-refractivity contribution in [3.63, 3.8) is 0 Å². The average molecular weight is 393 g/mol. The lowest BCUT2D eigenvalue weighted by Crippen LogP contribution is -2.16. The lowest BCUT2D eigenvalue weighted by Gasteiger charge is -2.11. The molecule has 0 saturated carbocycles. The quantitative estimate of drug-likeness (QED) is 0.313.